The van der Waals surface area contributed by atoms with Crippen LogP contribution in [0.25, 0.3) is 0 Å². The number of hydrogen-bond donors (Lipinski definition) is 1. The first-order valence-electron chi connectivity index (χ1n) is 3.53. The zero-order chi connectivity index (χ0) is 9.84. The Bertz CT molecular complexity index is 328. The maximum absolute atomic E-state index is 12.9. The highest BCUT2D eigenvalue weighted by atomic mass is 19.1. The zero-order valence-electron chi connectivity index (χ0n) is 6.97. The van der Waals surface area contributed by atoms with Gasteiger partial charge in [0, 0.05) is 13.2 Å². The summed E-state index contributed by atoms with van der Waals surface area (Å²) < 4.78 is 29.9. The van der Waals surface area contributed by atoms with Crippen molar-refractivity contribution >= 4 is 5.71 Å². The largest absolute Gasteiger partial charge is 0.378 e. The minimum atomic E-state index is -0.845. The van der Waals surface area contributed by atoms with Gasteiger partial charge in [0.05, 0.1) is 18.5 Å². The highest BCUT2D eigenvalue weighted by molar-refractivity contribution is 5.97. The quantitative estimate of drug-likeness (QED) is 0.724. The molecule has 1 aromatic rings. The van der Waals surface area contributed by atoms with Crippen LogP contribution in [0.1, 0.15) is 5.69 Å². The van der Waals surface area contributed by atoms with E-state index in [0.717, 1.165) is 6.20 Å². The van der Waals surface area contributed by atoms with Crippen molar-refractivity contribution in [2.45, 2.75) is 0 Å². The zero-order valence-corrected chi connectivity index (χ0v) is 6.97. The second-order valence-electron chi connectivity index (χ2n) is 2.40. The van der Waals surface area contributed by atoms with Gasteiger partial charge in [-0.3, -0.25) is 0 Å². The van der Waals surface area contributed by atoms with Gasteiger partial charge in [-0.25, -0.2) is 13.8 Å². The van der Waals surface area contributed by atoms with E-state index in [2.05, 4.69) is 9.72 Å². The Balaban J connectivity index is 2.95. The third kappa shape index (κ3) is 2.29. The number of aromatic nitrogens is 1. The molecule has 0 saturated heterocycles. The van der Waals surface area contributed by atoms with E-state index in [9.17, 15) is 8.78 Å². The molecule has 1 heterocycles. The number of rotatable bonds is 3. The fourth-order valence-corrected chi connectivity index (χ4v) is 0.849. The van der Waals surface area contributed by atoms with E-state index >= 15 is 0 Å². The van der Waals surface area contributed by atoms with Crippen molar-refractivity contribution in [2.24, 2.45) is 0 Å². The highest BCUT2D eigenvalue weighted by Crippen LogP contribution is 2.06. The van der Waals surface area contributed by atoms with Crippen molar-refractivity contribution in [1.82, 2.24) is 4.98 Å². The van der Waals surface area contributed by atoms with Crippen molar-refractivity contribution in [3.63, 3.8) is 0 Å². The predicted molar refractivity (Wildman–Crippen MR) is 42.9 cm³/mol. The lowest BCUT2D eigenvalue weighted by molar-refractivity contribution is 0.244. The summed E-state index contributed by atoms with van der Waals surface area (Å²) >= 11 is 0. The van der Waals surface area contributed by atoms with Crippen molar-refractivity contribution in [3.05, 3.63) is 29.6 Å². The summed E-state index contributed by atoms with van der Waals surface area (Å²) in [4.78, 5) is 3.44. The number of hydrogen-bond acceptors (Lipinski definition) is 3. The Morgan fingerprint density at radius 1 is 1.62 bits per heavy atom. The van der Waals surface area contributed by atoms with Gasteiger partial charge in [-0.15, -0.1) is 0 Å². The lowest BCUT2D eigenvalue weighted by atomic mass is 10.2. The molecule has 0 saturated carbocycles. The van der Waals surface area contributed by atoms with E-state index < -0.39 is 11.6 Å². The number of nitrogens with one attached hydrogen (secondary N) is 1. The second-order valence-corrected chi connectivity index (χ2v) is 2.40. The highest BCUT2D eigenvalue weighted by Gasteiger charge is 2.10. The summed E-state index contributed by atoms with van der Waals surface area (Å²) in [6.45, 7) is -0.0461. The van der Waals surface area contributed by atoms with Gasteiger partial charge in [0.15, 0.2) is 5.82 Å². The average Bonchev–Trinajstić information content (AvgIpc) is 2.04. The van der Waals surface area contributed by atoms with E-state index in [0.29, 0.717) is 6.07 Å². The van der Waals surface area contributed by atoms with Crippen LogP contribution in [0.5, 0.6) is 0 Å². The Morgan fingerprint density at radius 3 is 2.85 bits per heavy atom. The fourth-order valence-electron chi connectivity index (χ4n) is 0.849. The smallest absolute Gasteiger partial charge is 0.153 e. The Kier molecular flexibility index (Phi) is 3.02. The molecule has 0 aliphatic rings. The maximum atomic E-state index is 12.9. The topological polar surface area (TPSA) is 46.0 Å². The molecule has 0 spiro atoms. The first-order valence-corrected chi connectivity index (χ1v) is 3.53. The van der Waals surface area contributed by atoms with Crippen molar-refractivity contribution in [1.29, 1.82) is 5.41 Å². The first-order chi connectivity index (χ1) is 6.15. The van der Waals surface area contributed by atoms with Crippen molar-refractivity contribution in [3.8, 4) is 0 Å². The van der Waals surface area contributed by atoms with Gasteiger partial charge in [0.2, 0.25) is 0 Å². The predicted octanol–water partition coefficient (Wildman–Crippen LogP) is 1.37. The van der Waals surface area contributed by atoms with Crippen LogP contribution in [0.4, 0.5) is 8.78 Å². The van der Waals surface area contributed by atoms with Crippen molar-refractivity contribution < 1.29 is 13.5 Å². The van der Waals surface area contributed by atoms with Crippen LogP contribution in [0, 0.1) is 17.0 Å². The molecule has 0 bridgehead atoms. The second kappa shape index (κ2) is 4.04. The molecule has 3 nitrogen and oxygen atoms in total. The molecule has 70 valence electrons. The normalized spacial score (nSPS) is 10.1. The number of pyridine rings is 1. The molecule has 1 aromatic heterocycles. The van der Waals surface area contributed by atoms with E-state index in [1.807, 2.05) is 0 Å². The van der Waals surface area contributed by atoms with Gasteiger partial charge in [-0.2, -0.15) is 0 Å². The molecule has 0 aliphatic carbocycles. The summed E-state index contributed by atoms with van der Waals surface area (Å²) in [5, 5.41) is 7.29. The molecule has 13 heavy (non-hydrogen) atoms. The Morgan fingerprint density at radius 2 is 2.31 bits per heavy atom. The number of halogens is 2. The average molecular weight is 186 g/mol. The molecule has 5 heteroatoms. The number of nitrogens with zero attached hydrogens (tertiary/aromatic N) is 1. The van der Waals surface area contributed by atoms with E-state index in [1.165, 1.54) is 7.11 Å². The van der Waals surface area contributed by atoms with Crippen LogP contribution < -0.4 is 0 Å². The molecule has 0 aliphatic heterocycles. The fraction of sp³-hybridized carbons (Fsp3) is 0.250. The summed E-state index contributed by atoms with van der Waals surface area (Å²) in [6, 6.07) is 0.687. The van der Waals surface area contributed by atoms with Gasteiger partial charge in [0.1, 0.15) is 11.5 Å². The minimum absolute atomic E-state index is 0.0461. The molecular formula is C8H8F2N2O. The summed E-state index contributed by atoms with van der Waals surface area (Å²) in [5.41, 5.74) is -0.289. The van der Waals surface area contributed by atoms with Gasteiger partial charge in [-0.1, -0.05) is 0 Å². The van der Waals surface area contributed by atoms with Crippen LogP contribution in [0.15, 0.2) is 12.3 Å². The standard InChI is InChI=1S/C8H8F2N2O/c1-13-4-7(11)8-6(10)2-5(9)3-12-8/h2-3,11H,4H2,1H3. The molecule has 1 N–H and O–H groups in total. The van der Waals surface area contributed by atoms with Crippen LogP contribution in [-0.2, 0) is 4.74 Å². The summed E-state index contributed by atoms with van der Waals surface area (Å²) in [5.74, 6) is -1.60. The molecule has 0 radical (unpaired) electrons. The van der Waals surface area contributed by atoms with E-state index in [-0.39, 0.29) is 18.0 Å². The van der Waals surface area contributed by atoms with Gasteiger partial charge < -0.3 is 10.1 Å². The minimum Gasteiger partial charge on any atom is -0.378 e. The third-order valence-corrected chi connectivity index (χ3v) is 1.38. The molecule has 0 atom stereocenters. The first kappa shape index (κ1) is 9.73. The monoisotopic (exact) mass is 186 g/mol. The van der Waals surface area contributed by atoms with Gasteiger partial charge in [-0.05, 0) is 0 Å². The SMILES string of the molecule is COCC(=N)c1ncc(F)cc1F. The number of methoxy groups -OCH3 is 1. The lowest BCUT2D eigenvalue weighted by Gasteiger charge is -2.02. The van der Waals surface area contributed by atoms with Gasteiger partial charge in [0.25, 0.3) is 0 Å². The van der Waals surface area contributed by atoms with E-state index in [1.54, 1.807) is 0 Å². The third-order valence-electron chi connectivity index (χ3n) is 1.38. The molecule has 0 unspecified atom stereocenters. The van der Waals surface area contributed by atoms with Crippen molar-refractivity contribution in [2.75, 3.05) is 13.7 Å². The molecule has 0 amide bonds. The molecule has 0 fully saturated rings. The summed E-state index contributed by atoms with van der Waals surface area (Å²) in [7, 11) is 1.38. The van der Waals surface area contributed by atoms with Crippen LogP contribution in [0.3, 0.4) is 0 Å². The van der Waals surface area contributed by atoms with Crippen LogP contribution in [-0.4, -0.2) is 24.4 Å². The molecular weight excluding hydrogens is 178 g/mol. The lowest BCUT2D eigenvalue weighted by Crippen LogP contribution is -2.11. The van der Waals surface area contributed by atoms with Gasteiger partial charge >= 0.3 is 0 Å². The Labute approximate surface area is 73.9 Å². The Hall–Kier alpha value is -1.36. The molecule has 1 rings (SSSR count). The summed E-state index contributed by atoms with van der Waals surface area (Å²) in [6.07, 6.45) is 0.864. The van der Waals surface area contributed by atoms with E-state index in [4.69, 9.17) is 5.41 Å². The maximum Gasteiger partial charge on any atom is 0.153 e. The molecule has 0 aromatic carbocycles. The number of ether oxygens (including phenoxy) is 1. The van der Waals surface area contributed by atoms with Crippen LogP contribution in [0.2, 0.25) is 0 Å². The van der Waals surface area contributed by atoms with Crippen LogP contribution >= 0.6 is 0 Å².